The Bertz CT molecular complexity index is 221. The maximum atomic E-state index is 8.75. The molecule has 0 aromatic rings. The van der Waals surface area contributed by atoms with Crippen LogP contribution in [-0.2, 0) is 14.2 Å². The minimum atomic E-state index is -0.577. The van der Waals surface area contributed by atoms with Crippen molar-refractivity contribution < 1.29 is 19.3 Å². The Balaban J connectivity index is 2.08. The molecular formula is C8H12O4. The summed E-state index contributed by atoms with van der Waals surface area (Å²) < 4.78 is 16.1. The Kier molecular flexibility index (Phi) is 1.64. The Morgan fingerprint density at radius 2 is 2.25 bits per heavy atom. The van der Waals surface area contributed by atoms with Gasteiger partial charge in [0.1, 0.15) is 18.5 Å². The number of hydrogen-bond acceptors (Lipinski definition) is 4. The van der Waals surface area contributed by atoms with E-state index in [-0.39, 0.29) is 19.0 Å². The summed E-state index contributed by atoms with van der Waals surface area (Å²) in [6.45, 7) is 3.57. The monoisotopic (exact) mass is 172 g/mol. The molecule has 2 aliphatic heterocycles. The van der Waals surface area contributed by atoms with Gasteiger partial charge in [-0.25, -0.2) is 0 Å². The number of rotatable bonds is 1. The molecule has 0 aromatic carbocycles. The highest BCUT2D eigenvalue weighted by atomic mass is 16.8. The van der Waals surface area contributed by atoms with Gasteiger partial charge < -0.3 is 19.3 Å². The third-order valence-corrected chi connectivity index (χ3v) is 1.86. The summed E-state index contributed by atoms with van der Waals surface area (Å²) in [5.41, 5.74) is 0. The van der Waals surface area contributed by atoms with E-state index in [1.54, 1.807) is 6.08 Å². The maximum absolute atomic E-state index is 8.75. The predicted molar refractivity (Wildman–Crippen MR) is 40.1 cm³/mol. The third-order valence-electron chi connectivity index (χ3n) is 1.86. The van der Waals surface area contributed by atoms with E-state index in [0.29, 0.717) is 5.76 Å². The normalized spacial score (nSPS) is 37.4. The fraction of sp³-hybridized carbons (Fsp3) is 0.750. The second-order valence-electron chi connectivity index (χ2n) is 3.38. The number of aliphatic hydroxyl groups is 1. The van der Waals surface area contributed by atoms with Crippen LogP contribution in [0.3, 0.4) is 0 Å². The van der Waals surface area contributed by atoms with E-state index in [1.165, 1.54) is 0 Å². The van der Waals surface area contributed by atoms with Crippen LogP contribution < -0.4 is 0 Å². The Labute approximate surface area is 70.7 Å². The highest BCUT2D eigenvalue weighted by Gasteiger charge is 2.45. The van der Waals surface area contributed by atoms with Gasteiger partial charge in [-0.05, 0) is 19.9 Å². The van der Waals surface area contributed by atoms with Gasteiger partial charge in [-0.15, -0.1) is 0 Å². The zero-order valence-electron chi connectivity index (χ0n) is 7.11. The fourth-order valence-electron chi connectivity index (χ4n) is 1.42. The summed E-state index contributed by atoms with van der Waals surface area (Å²) in [6, 6.07) is 0. The van der Waals surface area contributed by atoms with Gasteiger partial charge in [-0.1, -0.05) is 0 Å². The van der Waals surface area contributed by atoms with E-state index >= 15 is 0 Å². The predicted octanol–water partition coefficient (Wildman–Crippen LogP) is 0.370. The Morgan fingerprint density at radius 1 is 1.50 bits per heavy atom. The molecule has 1 N–H and O–H groups in total. The first-order valence-corrected chi connectivity index (χ1v) is 3.94. The van der Waals surface area contributed by atoms with Gasteiger partial charge in [-0.2, -0.15) is 0 Å². The van der Waals surface area contributed by atoms with Crippen molar-refractivity contribution in [1.29, 1.82) is 0 Å². The Morgan fingerprint density at radius 3 is 2.83 bits per heavy atom. The molecule has 0 unspecified atom stereocenters. The fourth-order valence-corrected chi connectivity index (χ4v) is 1.42. The highest BCUT2D eigenvalue weighted by molar-refractivity contribution is 5.08. The SMILES string of the molecule is CC1(C)O[C@@H]2OC(CO)=C[C@@H]2O1. The van der Waals surface area contributed by atoms with Gasteiger partial charge in [-0.3, -0.25) is 0 Å². The number of aliphatic hydroxyl groups excluding tert-OH is 1. The minimum absolute atomic E-state index is 0.0971. The molecule has 4 heteroatoms. The van der Waals surface area contributed by atoms with Crippen molar-refractivity contribution in [2.24, 2.45) is 0 Å². The molecule has 2 rings (SSSR count). The molecular weight excluding hydrogens is 160 g/mol. The maximum Gasteiger partial charge on any atom is 0.232 e. The van der Waals surface area contributed by atoms with E-state index in [9.17, 15) is 0 Å². The van der Waals surface area contributed by atoms with Crippen molar-refractivity contribution in [2.75, 3.05) is 6.61 Å². The zero-order chi connectivity index (χ0) is 8.77. The molecule has 0 amide bonds. The molecule has 0 radical (unpaired) electrons. The minimum Gasteiger partial charge on any atom is -0.464 e. The second-order valence-corrected chi connectivity index (χ2v) is 3.38. The quantitative estimate of drug-likeness (QED) is 0.620. The van der Waals surface area contributed by atoms with Crippen molar-refractivity contribution in [1.82, 2.24) is 0 Å². The number of fused-ring (bicyclic) bond motifs is 1. The molecule has 0 bridgehead atoms. The molecule has 0 aliphatic carbocycles. The van der Waals surface area contributed by atoms with Crippen LogP contribution >= 0.6 is 0 Å². The average Bonchev–Trinajstić information content (AvgIpc) is 2.40. The molecule has 12 heavy (non-hydrogen) atoms. The van der Waals surface area contributed by atoms with Crippen LogP contribution in [-0.4, -0.2) is 29.9 Å². The molecule has 0 aromatic heterocycles. The molecule has 2 aliphatic rings. The van der Waals surface area contributed by atoms with Crippen LogP contribution in [0.25, 0.3) is 0 Å². The molecule has 68 valence electrons. The first kappa shape index (κ1) is 8.04. The van der Waals surface area contributed by atoms with Crippen LogP contribution in [0.5, 0.6) is 0 Å². The standard InChI is InChI=1S/C8H12O4/c1-8(2)11-6-3-5(4-9)10-7(6)12-8/h3,6-7,9H,4H2,1-2H3/t6-,7-/m0/s1. The van der Waals surface area contributed by atoms with Crippen LogP contribution in [0.1, 0.15) is 13.8 Å². The van der Waals surface area contributed by atoms with Crippen molar-refractivity contribution >= 4 is 0 Å². The summed E-state index contributed by atoms with van der Waals surface area (Å²) in [5.74, 6) is -0.0483. The van der Waals surface area contributed by atoms with Gasteiger partial charge in [0, 0.05) is 0 Å². The van der Waals surface area contributed by atoms with E-state index < -0.39 is 5.79 Å². The largest absolute Gasteiger partial charge is 0.464 e. The second kappa shape index (κ2) is 2.45. The summed E-state index contributed by atoms with van der Waals surface area (Å²) in [7, 11) is 0. The molecule has 0 saturated carbocycles. The summed E-state index contributed by atoms with van der Waals surface area (Å²) in [6.07, 6.45) is 1.21. The highest BCUT2D eigenvalue weighted by Crippen LogP contribution is 2.34. The van der Waals surface area contributed by atoms with Crippen molar-refractivity contribution in [3.63, 3.8) is 0 Å². The average molecular weight is 172 g/mol. The molecule has 1 fully saturated rings. The molecule has 2 atom stereocenters. The molecule has 1 saturated heterocycles. The summed E-state index contributed by atoms with van der Waals surface area (Å²) in [5, 5.41) is 8.75. The number of ether oxygens (including phenoxy) is 3. The lowest BCUT2D eigenvalue weighted by Crippen LogP contribution is -2.22. The summed E-state index contributed by atoms with van der Waals surface area (Å²) >= 11 is 0. The van der Waals surface area contributed by atoms with Crippen LogP contribution in [0.4, 0.5) is 0 Å². The smallest absolute Gasteiger partial charge is 0.232 e. The van der Waals surface area contributed by atoms with Gasteiger partial charge in [0.25, 0.3) is 0 Å². The third kappa shape index (κ3) is 1.22. The van der Waals surface area contributed by atoms with Crippen molar-refractivity contribution in [2.45, 2.75) is 32.0 Å². The lowest BCUT2D eigenvalue weighted by Gasteiger charge is -2.17. The lowest BCUT2D eigenvalue weighted by molar-refractivity contribution is -0.182. The van der Waals surface area contributed by atoms with E-state index in [1.807, 2.05) is 13.8 Å². The van der Waals surface area contributed by atoms with Crippen LogP contribution in [0, 0.1) is 0 Å². The van der Waals surface area contributed by atoms with E-state index in [4.69, 9.17) is 19.3 Å². The lowest BCUT2D eigenvalue weighted by atomic mass is 10.3. The topological polar surface area (TPSA) is 47.9 Å². The molecule has 4 nitrogen and oxygen atoms in total. The first-order chi connectivity index (χ1) is 5.61. The first-order valence-electron chi connectivity index (χ1n) is 3.94. The Hall–Kier alpha value is -0.580. The van der Waals surface area contributed by atoms with Gasteiger partial charge in [0.15, 0.2) is 5.79 Å². The van der Waals surface area contributed by atoms with E-state index in [0.717, 1.165) is 0 Å². The summed E-state index contributed by atoms with van der Waals surface area (Å²) in [4.78, 5) is 0. The molecule has 0 spiro atoms. The van der Waals surface area contributed by atoms with Gasteiger partial charge >= 0.3 is 0 Å². The molecule has 2 heterocycles. The van der Waals surface area contributed by atoms with Crippen molar-refractivity contribution in [3.05, 3.63) is 11.8 Å². The number of hydrogen-bond donors (Lipinski definition) is 1. The van der Waals surface area contributed by atoms with Gasteiger partial charge in [0.2, 0.25) is 6.29 Å². The van der Waals surface area contributed by atoms with Crippen molar-refractivity contribution in [3.8, 4) is 0 Å². The zero-order valence-corrected chi connectivity index (χ0v) is 7.11. The van der Waals surface area contributed by atoms with E-state index in [2.05, 4.69) is 0 Å². The van der Waals surface area contributed by atoms with Crippen LogP contribution in [0.15, 0.2) is 11.8 Å². The van der Waals surface area contributed by atoms with Crippen LogP contribution in [0.2, 0.25) is 0 Å². The van der Waals surface area contributed by atoms with Gasteiger partial charge in [0.05, 0.1) is 0 Å².